The Hall–Kier alpha value is -1.22. The van der Waals surface area contributed by atoms with E-state index < -0.39 is 10.0 Å². The van der Waals surface area contributed by atoms with Gasteiger partial charge in [-0.05, 0) is 30.3 Å². The lowest BCUT2D eigenvalue weighted by Crippen LogP contribution is -2.13. The number of nitrogens with zero attached hydrogens (tertiary/aromatic N) is 2. The molecule has 1 heterocycles. The van der Waals surface area contributed by atoms with Crippen LogP contribution < -0.4 is 4.72 Å². The number of halogens is 2. The van der Waals surface area contributed by atoms with Crippen molar-refractivity contribution in [3.63, 3.8) is 0 Å². The van der Waals surface area contributed by atoms with Crippen molar-refractivity contribution in [1.29, 1.82) is 0 Å². The second kappa shape index (κ2) is 5.53. The van der Waals surface area contributed by atoms with Gasteiger partial charge in [0.2, 0.25) is 0 Å². The molecule has 0 saturated heterocycles. The van der Waals surface area contributed by atoms with Crippen LogP contribution in [0, 0.1) is 0 Å². The molecule has 108 valence electrons. The van der Waals surface area contributed by atoms with Crippen LogP contribution in [-0.2, 0) is 10.0 Å². The highest BCUT2D eigenvalue weighted by molar-refractivity contribution is 9.10. The molecule has 0 amide bonds. The molecule has 2 aromatic carbocycles. The topological polar surface area (TPSA) is 72.0 Å². The highest BCUT2D eigenvalue weighted by Gasteiger charge is 2.19. The first-order valence-corrected chi connectivity index (χ1v) is 9.05. The number of nitrogens with one attached hydrogen (secondary N) is 1. The van der Waals surface area contributed by atoms with Crippen LogP contribution >= 0.6 is 39.3 Å². The summed E-state index contributed by atoms with van der Waals surface area (Å²) in [5.74, 6) is 0. The summed E-state index contributed by atoms with van der Waals surface area (Å²) in [5.41, 5.74) is 1.27. The predicted molar refractivity (Wildman–Crippen MR) is 87.4 cm³/mol. The van der Waals surface area contributed by atoms with Gasteiger partial charge in [0, 0.05) is 4.47 Å². The molecule has 0 fully saturated rings. The van der Waals surface area contributed by atoms with Gasteiger partial charge >= 0.3 is 0 Å². The molecular formula is C12H7BrClN3O2S2. The molecule has 5 nitrogen and oxygen atoms in total. The van der Waals surface area contributed by atoms with Crippen molar-refractivity contribution in [2.45, 2.75) is 4.90 Å². The van der Waals surface area contributed by atoms with Gasteiger partial charge in [0.15, 0.2) is 0 Å². The van der Waals surface area contributed by atoms with Crippen LogP contribution in [-0.4, -0.2) is 17.2 Å². The lowest BCUT2D eigenvalue weighted by molar-refractivity contribution is 0.601. The normalized spacial score (nSPS) is 11.7. The molecule has 0 aliphatic carbocycles. The van der Waals surface area contributed by atoms with E-state index in [4.69, 9.17) is 11.6 Å². The first-order chi connectivity index (χ1) is 9.97. The highest BCUT2D eigenvalue weighted by Crippen LogP contribution is 2.32. The summed E-state index contributed by atoms with van der Waals surface area (Å²) in [4.78, 5) is 0.133. The summed E-state index contributed by atoms with van der Waals surface area (Å²) < 4.78 is 36.2. The minimum absolute atomic E-state index is 0.133. The maximum Gasteiger partial charge on any atom is 0.262 e. The molecule has 0 aliphatic rings. The van der Waals surface area contributed by atoms with Crippen LogP contribution in [0.5, 0.6) is 0 Å². The Kier molecular flexibility index (Phi) is 3.87. The van der Waals surface area contributed by atoms with E-state index in [1.54, 1.807) is 24.3 Å². The number of hydrogen-bond donors (Lipinski definition) is 1. The third kappa shape index (κ3) is 2.89. The van der Waals surface area contributed by atoms with Crippen LogP contribution in [0.1, 0.15) is 0 Å². The second-order valence-corrected chi connectivity index (χ2v) is 7.65. The Balaban J connectivity index is 2.09. The van der Waals surface area contributed by atoms with E-state index in [1.165, 1.54) is 12.1 Å². The maximum absolute atomic E-state index is 12.4. The van der Waals surface area contributed by atoms with Gasteiger partial charge in [-0.15, -0.1) is 0 Å². The number of aromatic nitrogens is 2. The largest absolute Gasteiger partial charge is 0.276 e. The molecule has 0 bridgehead atoms. The monoisotopic (exact) mass is 403 g/mol. The van der Waals surface area contributed by atoms with Crippen molar-refractivity contribution < 1.29 is 8.42 Å². The second-order valence-electron chi connectivity index (χ2n) is 4.12. The number of anilines is 1. The molecule has 0 radical (unpaired) electrons. The third-order valence-electron chi connectivity index (χ3n) is 2.72. The zero-order valence-corrected chi connectivity index (χ0v) is 14.2. The summed E-state index contributed by atoms with van der Waals surface area (Å²) in [5, 5.41) is 0.272. The molecule has 9 heteroatoms. The summed E-state index contributed by atoms with van der Waals surface area (Å²) in [7, 11) is -3.76. The van der Waals surface area contributed by atoms with Crippen LogP contribution in [0.25, 0.3) is 11.0 Å². The fraction of sp³-hybridized carbons (Fsp3) is 0. The Morgan fingerprint density at radius 2 is 2.00 bits per heavy atom. The van der Waals surface area contributed by atoms with Gasteiger partial charge in [0.25, 0.3) is 10.0 Å². The van der Waals surface area contributed by atoms with Crippen molar-refractivity contribution in [3.8, 4) is 0 Å². The Bertz CT molecular complexity index is 927. The Labute approximate surface area is 138 Å². The molecule has 1 aromatic heterocycles. The fourth-order valence-corrected chi connectivity index (χ4v) is 4.23. The number of hydrogen-bond acceptors (Lipinski definition) is 5. The van der Waals surface area contributed by atoms with Crippen molar-refractivity contribution in [2.75, 3.05) is 4.72 Å². The maximum atomic E-state index is 12.4. The van der Waals surface area contributed by atoms with Crippen LogP contribution in [0.4, 0.5) is 5.69 Å². The summed E-state index contributed by atoms with van der Waals surface area (Å²) in [6, 6.07) is 9.68. The standard InChI is InChI=1S/C12H7BrClN3O2S2/c13-7-2-1-3-8(6-7)21(18,19)17-11-9(14)4-5-10-12(11)16-20-15-10/h1-6,17H. The van der Waals surface area contributed by atoms with Gasteiger partial charge in [-0.1, -0.05) is 33.6 Å². The zero-order chi connectivity index (χ0) is 15.0. The summed E-state index contributed by atoms with van der Waals surface area (Å²) in [6.07, 6.45) is 0. The Morgan fingerprint density at radius 1 is 1.19 bits per heavy atom. The molecule has 3 rings (SSSR count). The first-order valence-electron chi connectivity index (χ1n) is 5.66. The van der Waals surface area contributed by atoms with E-state index >= 15 is 0 Å². The van der Waals surface area contributed by atoms with Crippen LogP contribution in [0.3, 0.4) is 0 Å². The van der Waals surface area contributed by atoms with E-state index in [0.717, 1.165) is 11.7 Å². The predicted octanol–water partition coefficient (Wildman–Crippen LogP) is 3.91. The van der Waals surface area contributed by atoms with Crippen molar-refractivity contribution in [1.82, 2.24) is 8.75 Å². The minimum Gasteiger partial charge on any atom is -0.276 e. The summed E-state index contributed by atoms with van der Waals surface area (Å²) >= 11 is 10.3. The SMILES string of the molecule is O=S(=O)(Nc1c(Cl)ccc2nsnc12)c1cccc(Br)c1. The molecule has 0 unspecified atom stereocenters. The molecular weight excluding hydrogens is 398 g/mol. The number of benzene rings is 2. The third-order valence-corrected chi connectivity index (χ3v) is 5.42. The number of rotatable bonds is 3. The van der Waals surface area contributed by atoms with Gasteiger partial charge in [0.05, 0.1) is 27.3 Å². The quantitative estimate of drug-likeness (QED) is 0.718. The van der Waals surface area contributed by atoms with Crippen molar-refractivity contribution in [2.24, 2.45) is 0 Å². The van der Waals surface area contributed by atoms with E-state index in [0.29, 0.717) is 15.5 Å². The average Bonchev–Trinajstić information content (AvgIpc) is 2.91. The van der Waals surface area contributed by atoms with E-state index in [-0.39, 0.29) is 15.6 Å². The van der Waals surface area contributed by atoms with Gasteiger partial charge in [0.1, 0.15) is 11.0 Å². The smallest absolute Gasteiger partial charge is 0.262 e. The molecule has 3 aromatic rings. The lowest BCUT2D eigenvalue weighted by Gasteiger charge is -2.10. The summed E-state index contributed by atoms with van der Waals surface area (Å²) in [6.45, 7) is 0. The van der Waals surface area contributed by atoms with Crippen molar-refractivity contribution in [3.05, 3.63) is 45.9 Å². The van der Waals surface area contributed by atoms with Gasteiger partial charge in [-0.3, -0.25) is 4.72 Å². The first kappa shape index (κ1) is 14.7. The average molecular weight is 405 g/mol. The van der Waals surface area contributed by atoms with Crippen LogP contribution in [0.2, 0.25) is 5.02 Å². The van der Waals surface area contributed by atoms with E-state index in [1.807, 2.05) is 0 Å². The minimum atomic E-state index is -3.76. The van der Waals surface area contributed by atoms with Gasteiger partial charge in [-0.2, -0.15) is 8.75 Å². The molecule has 0 spiro atoms. The van der Waals surface area contributed by atoms with Gasteiger partial charge < -0.3 is 0 Å². The van der Waals surface area contributed by atoms with E-state index in [2.05, 4.69) is 29.4 Å². The number of fused-ring (bicyclic) bond motifs is 1. The molecule has 0 aliphatic heterocycles. The highest BCUT2D eigenvalue weighted by atomic mass is 79.9. The number of sulfonamides is 1. The molecule has 0 saturated carbocycles. The van der Waals surface area contributed by atoms with Crippen LogP contribution in [0.15, 0.2) is 45.8 Å². The molecule has 0 atom stereocenters. The zero-order valence-electron chi connectivity index (χ0n) is 10.2. The molecule has 1 N–H and O–H groups in total. The molecule has 21 heavy (non-hydrogen) atoms. The fourth-order valence-electron chi connectivity index (χ4n) is 1.75. The van der Waals surface area contributed by atoms with Gasteiger partial charge in [-0.25, -0.2) is 8.42 Å². The van der Waals surface area contributed by atoms with E-state index in [9.17, 15) is 8.42 Å². The Morgan fingerprint density at radius 3 is 2.76 bits per heavy atom. The van der Waals surface area contributed by atoms with Crippen molar-refractivity contribution >= 4 is 66.0 Å². The lowest BCUT2D eigenvalue weighted by atomic mass is 10.3.